The van der Waals surface area contributed by atoms with E-state index in [4.69, 9.17) is 0 Å². The molecular weight excluding hydrogens is 212 g/mol. The smallest absolute Gasteiger partial charge is 0.227 e. The minimum atomic E-state index is -0.247. The summed E-state index contributed by atoms with van der Waals surface area (Å²) < 4.78 is 0. The van der Waals surface area contributed by atoms with Crippen LogP contribution in [-0.2, 0) is 9.59 Å². The van der Waals surface area contributed by atoms with Crippen molar-refractivity contribution in [2.75, 3.05) is 0 Å². The lowest BCUT2D eigenvalue weighted by Gasteiger charge is -2.09. The molecule has 0 fully saturated rings. The molecule has 1 N–H and O–H groups in total. The van der Waals surface area contributed by atoms with E-state index in [2.05, 4.69) is 10.3 Å². The van der Waals surface area contributed by atoms with Gasteiger partial charge in [0.1, 0.15) is 10.8 Å². The Hall–Kier alpha value is -1.23. The first-order chi connectivity index (χ1) is 6.99. The maximum Gasteiger partial charge on any atom is 0.227 e. The van der Waals surface area contributed by atoms with E-state index >= 15 is 0 Å². The van der Waals surface area contributed by atoms with Gasteiger partial charge < -0.3 is 5.32 Å². The number of hydrogen-bond donors (Lipinski definition) is 1. The van der Waals surface area contributed by atoms with E-state index in [1.54, 1.807) is 0 Å². The number of Topliss-reactive ketones (excluding diaryl/α,β-unsaturated/α-hetero) is 1. The monoisotopic (exact) mass is 226 g/mol. The molecule has 15 heavy (non-hydrogen) atoms. The van der Waals surface area contributed by atoms with Crippen LogP contribution >= 0.6 is 11.3 Å². The number of amides is 1. The SMILES string of the molecule is CC(=O)CC(=O)NC(C)c1nc(C)cs1. The van der Waals surface area contributed by atoms with Gasteiger partial charge in [-0.2, -0.15) is 0 Å². The van der Waals surface area contributed by atoms with Gasteiger partial charge in [-0.1, -0.05) is 0 Å². The fraction of sp³-hybridized carbons (Fsp3) is 0.500. The van der Waals surface area contributed by atoms with Crippen LogP contribution in [0.2, 0.25) is 0 Å². The van der Waals surface area contributed by atoms with Crippen LogP contribution in [0.3, 0.4) is 0 Å². The second-order valence-corrected chi connectivity index (χ2v) is 4.38. The normalized spacial score (nSPS) is 12.2. The van der Waals surface area contributed by atoms with Gasteiger partial charge in [0.2, 0.25) is 5.91 Å². The van der Waals surface area contributed by atoms with Gasteiger partial charge in [0.25, 0.3) is 0 Å². The fourth-order valence-corrected chi connectivity index (χ4v) is 1.96. The molecule has 0 saturated carbocycles. The average Bonchev–Trinajstić information content (AvgIpc) is 2.49. The molecule has 1 heterocycles. The highest BCUT2D eigenvalue weighted by atomic mass is 32.1. The zero-order valence-electron chi connectivity index (χ0n) is 9.03. The topological polar surface area (TPSA) is 59.1 Å². The van der Waals surface area contributed by atoms with Crippen molar-refractivity contribution in [3.05, 3.63) is 16.1 Å². The summed E-state index contributed by atoms with van der Waals surface area (Å²) in [5.74, 6) is -0.377. The van der Waals surface area contributed by atoms with E-state index in [0.717, 1.165) is 10.7 Å². The highest BCUT2D eigenvalue weighted by Crippen LogP contribution is 2.17. The minimum Gasteiger partial charge on any atom is -0.347 e. The first-order valence-electron chi connectivity index (χ1n) is 4.70. The fourth-order valence-electron chi connectivity index (χ4n) is 1.15. The first kappa shape index (κ1) is 11.8. The third-order valence-corrected chi connectivity index (χ3v) is 2.94. The lowest BCUT2D eigenvalue weighted by molar-refractivity contribution is -0.127. The van der Waals surface area contributed by atoms with Crippen molar-refractivity contribution in [2.24, 2.45) is 0 Å². The van der Waals surface area contributed by atoms with Gasteiger partial charge in [0.05, 0.1) is 12.5 Å². The molecule has 0 aliphatic rings. The van der Waals surface area contributed by atoms with E-state index < -0.39 is 0 Å². The molecule has 0 aromatic carbocycles. The number of thiazole rings is 1. The van der Waals surface area contributed by atoms with Crippen molar-refractivity contribution in [1.82, 2.24) is 10.3 Å². The van der Waals surface area contributed by atoms with Crippen molar-refractivity contribution in [2.45, 2.75) is 33.2 Å². The van der Waals surface area contributed by atoms with Gasteiger partial charge in [-0.25, -0.2) is 4.98 Å². The maximum absolute atomic E-state index is 11.3. The van der Waals surface area contributed by atoms with Gasteiger partial charge >= 0.3 is 0 Å². The number of nitrogens with one attached hydrogen (secondary N) is 1. The number of carbonyl (C=O) groups excluding carboxylic acids is 2. The van der Waals surface area contributed by atoms with Crippen molar-refractivity contribution in [3.8, 4) is 0 Å². The van der Waals surface area contributed by atoms with Crippen molar-refractivity contribution >= 4 is 23.0 Å². The Morgan fingerprint density at radius 2 is 2.27 bits per heavy atom. The van der Waals surface area contributed by atoms with Crippen LogP contribution in [0.25, 0.3) is 0 Å². The Morgan fingerprint density at radius 3 is 2.73 bits per heavy atom. The van der Waals surface area contributed by atoms with Crippen molar-refractivity contribution < 1.29 is 9.59 Å². The lowest BCUT2D eigenvalue weighted by Crippen LogP contribution is -2.27. The molecule has 0 bridgehead atoms. The molecule has 82 valence electrons. The Bertz CT molecular complexity index is 373. The van der Waals surface area contributed by atoms with Crippen LogP contribution in [0.1, 0.15) is 37.0 Å². The molecule has 1 amide bonds. The number of ketones is 1. The molecule has 5 heteroatoms. The molecule has 1 atom stereocenters. The minimum absolute atomic E-state index is 0.0608. The molecule has 1 unspecified atom stereocenters. The Kier molecular flexibility index (Phi) is 3.96. The first-order valence-corrected chi connectivity index (χ1v) is 5.58. The lowest BCUT2D eigenvalue weighted by atomic mass is 10.2. The van der Waals surface area contributed by atoms with Crippen molar-refractivity contribution in [1.29, 1.82) is 0 Å². The van der Waals surface area contributed by atoms with Crippen LogP contribution in [0.4, 0.5) is 0 Å². The zero-order valence-corrected chi connectivity index (χ0v) is 9.85. The Labute approximate surface area is 92.7 Å². The van der Waals surface area contributed by atoms with E-state index in [1.807, 2.05) is 19.2 Å². The molecular formula is C10H14N2O2S. The highest BCUT2D eigenvalue weighted by Gasteiger charge is 2.13. The van der Waals surface area contributed by atoms with Crippen LogP contribution < -0.4 is 5.32 Å². The summed E-state index contributed by atoms with van der Waals surface area (Å²) in [4.78, 5) is 26.3. The molecule has 0 aliphatic heterocycles. The molecule has 0 spiro atoms. The highest BCUT2D eigenvalue weighted by molar-refractivity contribution is 7.09. The second kappa shape index (κ2) is 5.02. The maximum atomic E-state index is 11.3. The summed E-state index contributed by atoms with van der Waals surface area (Å²) in [6.07, 6.45) is -0.0608. The number of rotatable bonds is 4. The van der Waals surface area contributed by atoms with E-state index in [9.17, 15) is 9.59 Å². The van der Waals surface area contributed by atoms with E-state index in [-0.39, 0.29) is 24.2 Å². The van der Waals surface area contributed by atoms with Crippen LogP contribution in [0.5, 0.6) is 0 Å². The predicted octanol–water partition coefficient (Wildman–Crippen LogP) is 1.61. The Morgan fingerprint density at radius 1 is 1.60 bits per heavy atom. The molecule has 0 aliphatic carbocycles. The summed E-state index contributed by atoms with van der Waals surface area (Å²) in [6.45, 7) is 5.16. The number of aryl methyl sites for hydroxylation is 1. The largest absolute Gasteiger partial charge is 0.347 e. The summed E-state index contributed by atoms with van der Waals surface area (Å²) >= 11 is 1.51. The van der Waals surface area contributed by atoms with Gasteiger partial charge in [0, 0.05) is 11.1 Å². The predicted molar refractivity (Wildman–Crippen MR) is 58.7 cm³/mol. The van der Waals surface area contributed by atoms with E-state index in [1.165, 1.54) is 18.3 Å². The van der Waals surface area contributed by atoms with Gasteiger partial charge in [-0.15, -0.1) is 11.3 Å². The third-order valence-electron chi connectivity index (χ3n) is 1.79. The molecule has 1 aromatic heterocycles. The van der Waals surface area contributed by atoms with E-state index in [0.29, 0.717) is 0 Å². The van der Waals surface area contributed by atoms with Gasteiger partial charge in [-0.05, 0) is 20.8 Å². The van der Waals surface area contributed by atoms with Crippen LogP contribution in [0, 0.1) is 6.92 Å². The van der Waals surface area contributed by atoms with Gasteiger partial charge in [0.15, 0.2) is 0 Å². The third kappa shape index (κ3) is 3.79. The number of hydrogen-bond acceptors (Lipinski definition) is 4. The zero-order chi connectivity index (χ0) is 11.4. The molecule has 1 aromatic rings. The molecule has 4 nitrogen and oxygen atoms in total. The summed E-state index contributed by atoms with van der Waals surface area (Å²) in [5, 5.41) is 5.53. The standard InChI is InChI=1S/C10H14N2O2S/c1-6-5-15-10(11-6)8(3)12-9(14)4-7(2)13/h5,8H,4H2,1-3H3,(H,12,14). The van der Waals surface area contributed by atoms with Crippen LogP contribution in [-0.4, -0.2) is 16.7 Å². The number of nitrogens with zero attached hydrogens (tertiary/aromatic N) is 1. The number of aromatic nitrogens is 1. The Balaban J connectivity index is 2.52. The van der Waals surface area contributed by atoms with Gasteiger partial charge in [-0.3, -0.25) is 9.59 Å². The average molecular weight is 226 g/mol. The molecule has 0 saturated heterocycles. The number of carbonyl (C=O) groups is 2. The summed E-state index contributed by atoms with van der Waals surface area (Å²) in [6, 6.07) is -0.129. The molecule has 0 radical (unpaired) electrons. The van der Waals surface area contributed by atoms with Crippen LogP contribution in [0.15, 0.2) is 5.38 Å². The molecule has 1 rings (SSSR count). The quantitative estimate of drug-likeness (QED) is 0.793. The second-order valence-electron chi connectivity index (χ2n) is 3.50. The summed E-state index contributed by atoms with van der Waals surface area (Å²) in [7, 11) is 0. The van der Waals surface area contributed by atoms with Crippen molar-refractivity contribution in [3.63, 3.8) is 0 Å². The summed E-state index contributed by atoms with van der Waals surface area (Å²) in [5.41, 5.74) is 0.947.